The second-order valence-electron chi connectivity index (χ2n) is 3.65. The van der Waals surface area contributed by atoms with Gasteiger partial charge in [-0.3, -0.25) is 4.79 Å². The van der Waals surface area contributed by atoms with Gasteiger partial charge in [0.1, 0.15) is 11.9 Å². The van der Waals surface area contributed by atoms with Crippen LogP contribution in [0, 0.1) is 0 Å². The van der Waals surface area contributed by atoms with Gasteiger partial charge in [0.05, 0.1) is 12.0 Å². The molecule has 2 heterocycles. The van der Waals surface area contributed by atoms with Gasteiger partial charge in [0.2, 0.25) is 0 Å². The number of carboxylic acids is 1. The number of aliphatic carboxylic acids is 1. The van der Waals surface area contributed by atoms with E-state index in [2.05, 4.69) is 0 Å². The van der Waals surface area contributed by atoms with Crippen molar-refractivity contribution in [2.75, 3.05) is 11.6 Å². The summed E-state index contributed by atoms with van der Waals surface area (Å²) in [6.07, 6.45) is 1.26. The highest BCUT2D eigenvalue weighted by molar-refractivity contribution is 7.91. The van der Waals surface area contributed by atoms with E-state index in [1.807, 2.05) is 0 Å². The summed E-state index contributed by atoms with van der Waals surface area (Å²) in [4.78, 5) is 23.5. The molecule has 0 spiro atoms. The van der Waals surface area contributed by atoms with Gasteiger partial charge in [0.15, 0.2) is 15.6 Å². The van der Waals surface area contributed by atoms with Crippen molar-refractivity contribution in [1.82, 2.24) is 4.90 Å². The van der Waals surface area contributed by atoms with Crippen LogP contribution in [0.3, 0.4) is 0 Å². The van der Waals surface area contributed by atoms with Gasteiger partial charge in [-0.2, -0.15) is 0 Å². The molecule has 0 saturated carbocycles. The second-order valence-corrected chi connectivity index (χ2v) is 5.72. The van der Waals surface area contributed by atoms with Crippen LogP contribution >= 0.6 is 0 Å². The smallest absolute Gasteiger partial charge is 0.327 e. The van der Waals surface area contributed by atoms with E-state index in [4.69, 9.17) is 9.52 Å². The third-order valence-electron chi connectivity index (χ3n) is 2.40. The number of carbonyl (C=O) groups excluding carboxylic acids is 1. The molecule has 0 bridgehead atoms. The molecule has 1 amide bonds. The summed E-state index contributed by atoms with van der Waals surface area (Å²) in [7, 11) is -3.54. The maximum absolute atomic E-state index is 11.8. The first-order valence-electron chi connectivity index (χ1n) is 4.68. The Hall–Kier alpha value is -1.83. The molecule has 0 aliphatic carbocycles. The summed E-state index contributed by atoms with van der Waals surface area (Å²) in [5.74, 6) is -3.30. The third kappa shape index (κ3) is 2.16. The molecule has 17 heavy (non-hydrogen) atoms. The van der Waals surface area contributed by atoms with Crippen molar-refractivity contribution < 1.29 is 27.5 Å². The van der Waals surface area contributed by atoms with Gasteiger partial charge in [-0.25, -0.2) is 13.2 Å². The first-order valence-corrected chi connectivity index (χ1v) is 6.50. The minimum atomic E-state index is -3.54. The van der Waals surface area contributed by atoms with Crippen LogP contribution in [-0.4, -0.2) is 48.0 Å². The van der Waals surface area contributed by atoms with Gasteiger partial charge in [-0.15, -0.1) is 0 Å². The second kappa shape index (κ2) is 3.88. The highest BCUT2D eigenvalue weighted by atomic mass is 32.2. The fraction of sp³-hybridized carbons (Fsp3) is 0.333. The Morgan fingerprint density at radius 2 is 2.18 bits per heavy atom. The average molecular weight is 259 g/mol. The Kier molecular flexibility index (Phi) is 2.66. The molecule has 0 unspecified atom stereocenters. The lowest BCUT2D eigenvalue weighted by Crippen LogP contribution is -2.41. The zero-order chi connectivity index (χ0) is 12.6. The normalized spacial score (nSPS) is 22.6. The molecule has 1 saturated heterocycles. The lowest BCUT2D eigenvalue weighted by atomic mass is 10.3. The lowest BCUT2D eigenvalue weighted by Gasteiger charge is -2.17. The number of hydrogen-bond donors (Lipinski definition) is 1. The van der Waals surface area contributed by atoms with E-state index in [0.717, 1.165) is 4.90 Å². The summed E-state index contributed by atoms with van der Waals surface area (Å²) >= 11 is 0. The molecule has 92 valence electrons. The molecule has 1 aliphatic rings. The highest BCUT2D eigenvalue weighted by Gasteiger charge is 2.43. The summed E-state index contributed by atoms with van der Waals surface area (Å²) in [6, 6.07) is 1.47. The van der Waals surface area contributed by atoms with Crippen LogP contribution in [0.1, 0.15) is 10.6 Å². The molecular formula is C9H9NO6S. The van der Waals surface area contributed by atoms with Crippen LogP contribution in [0.25, 0.3) is 0 Å². The van der Waals surface area contributed by atoms with Crippen LogP contribution in [0.2, 0.25) is 0 Å². The fourth-order valence-electron chi connectivity index (χ4n) is 1.63. The molecule has 2 rings (SSSR count). The molecule has 1 aliphatic heterocycles. The molecule has 8 heteroatoms. The van der Waals surface area contributed by atoms with Crippen molar-refractivity contribution in [3.05, 3.63) is 24.2 Å². The maximum atomic E-state index is 11.8. The molecular weight excluding hydrogens is 250 g/mol. The van der Waals surface area contributed by atoms with E-state index in [1.54, 1.807) is 0 Å². The van der Waals surface area contributed by atoms with Crippen LogP contribution in [-0.2, 0) is 14.6 Å². The van der Waals surface area contributed by atoms with E-state index in [-0.39, 0.29) is 5.76 Å². The van der Waals surface area contributed by atoms with Gasteiger partial charge in [0, 0.05) is 0 Å². The predicted octanol–water partition coefficient (Wildman–Crippen LogP) is -0.439. The van der Waals surface area contributed by atoms with Crippen LogP contribution in [0.5, 0.6) is 0 Å². The monoisotopic (exact) mass is 259 g/mol. The summed E-state index contributed by atoms with van der Waals surface area (Å²) < 4.78 is 27.5. The first kappa shape index (κ1) is 11.6. The molecule has 0 radical (unpaired) electrons. The SMILES string of the molecule is O=C(O)[C@H]1CS(=O)(=O)CN1C(=O)c1ccco1. The maximum Gasteiger partial charge on any atom is 0.327 e. The van der Waals surface area contributed by atoms with E-state index < -0.39 is 39.4 Å². The zero-order valence-electron chi connectivity index (χ0n) is 8.57. The van der Waals surface area contributed by atoms with E-state index in [9.17, 15) is 18.0 Å². The first-order chi connectivity index (χ1) is 7.91. The van der Waals surface area contributed by atoms with Crippen molar-refractivity contribution in [1.29, 1.82) is 0 Å². The number of sulfone groups is 1. The molecule has 0 aromatic carbocycles. The van der Waals surface area contributed by atoms with Gasteiger partial charge in [-0.1, -0.05) is 0 Å². The van der Waals surface area contributed by atoms with E-state index in [1.165, 1.54) is 18.4 Å². The minimum Gasteiger partial charge on any atom is -0.480 e. The third-order valence-corrected chi connectivity index (χ3v) is 3.90. The van der Waals surface area contributed by atoms with Crippen molar-refractivity contribution in [3.8, 4) is 0 Å². The van der Waals surface area contributed by atoms with Gasteiger partial charge in [0.25, 0.3) is 5.91 Å². The minimum absolute atomic E-state index is 0.0756. The average Bonchev–Trinajstić information content (AvgIpc) is 2.83. The Morgan fingerprint density at radius 3 is 2.71 bits per heavy atom. The summed E-state index contributed by atoms with van der Waals surface area (Å²) in [6.45, 7) is 0. The Bertz CT molecular complexity index is 546. The molecule has 1 aromatic heterocycles. The number of nitrogens with zero attached hydrogens (tertiary/aromatic N) is 1. The number of carbonyl (C=O) groups is 2. The zero-order valence-corrected chi connectivity index (χ0v) is 9.38. The standard InChI is InChI=1S/C9H9NO6S/c11-8(7-2-1-3-16-7)10-5-17(14,15)4-6(10)9(12)13/h1-3,6H,4-5H2,(H,12,13)/t6-/m1/s1. The molecule has 1 N–H and O–H groups in total. The van der Waals surface area contributed by atoms with Crippen LogP contribution < -0.4 is 0 Å². The Labute approximate surface area is 96.5 Å². The summed E-state index contributed by atoms with van der Waals surface area (Å²) in [5.41, 5.74) is 0. The van der Waals surface area contributed by atoms with Gasteiger partial charge in [-0.05, 0) is 12.1 Å². The fourth-order valence-corrected chi connectivity index (χ4v) is 3.26. The van der Waals surface area contributed by atoms with E-state index >= 15 is 0 Å². The van der Waals surface area contributed by atoms with Crippen molar-refractivity contribution >= 4 is 21.7 Å². The molecule has 1 aromatic rings. The predicted molar refractivity (Wildman–Crippen MR) is 55.0 cm³/mol. The number of amides is 1. The molecule has 1 atom stereocenters. The Morgan fingerprint density at radius 1 is 1.47 bits per heavy atom. The molecule has 1 fully saturated rings. The number of carboxylic acid groups (broad SMARTS) is 1. The van der Waals surface area contributed by atoms with Crippen molar-refractivity contribution in [2.24, 2.45) is 0 Å². The van der Waals surface area contributed by atoms with Gasteiger partial charge < -0.3 is 14.4 Å². The Balaban J connectivity index is 2.31. The topological polar surface area (TPSA) is 105 Å². The quantitative estimate of drug-likeness (QED) is 0.772. The van der Waals surface area contributed by atoms with Crippen molar-refractivity contribution in [2.45, 2.75) is 6.04 Å². The van der Waals surface area contributed by atoms with Crippen LogP contribution in [0.4, 0.5) is 0 Å². The number of furan rings is 1. The summed E-state index contributed by atoms with van der Waals surface area (Å²) in [5, 5.41) is 8.87. The van der Waals surface area contributed by atoms with Gasteiger partial charge >= 0.3 is 5.97 Å². The highest BCUT2D eigenvalue weighted by Crippen LogP contribution is 2.19. The number of rotatable bonds is 2. The van der Waals surface area contributed by atoms with Crippen molar-refractivity contribution in [3.63, 3.8) is 0 Å². The van der Waals surface area contributed by atoms with Crippen LogP contribution in [0.15, 0.2) is 22.8 Å². The molecule has 7 nitrogen and oxygen atoms in total. The largest absolute Gasteiger partial charge is 0.480 e. The lowest BCUT2D eigenvalue weighted by molar-refractivity contribution is -0.140. The number of hydrogen-bond acceptors (Lipinski definition) is 5. The van der Waals surface area contributed by atoms with E-state index in [0.29, 0.717) is 0 Å².